The first-order chi connectivity index (χ1) is 10.8. The number of para-hydroxylation sites is 1. The molecule has 1 aromatic carbocycles. The van der Waals surface area contributed by atoms with Crippen molar-refractivity contribution in [2.24, 2.45) is 5.92 Å². The summed E-state index contributed by atoms with van der Waals surface area (Å²) in [6.07, 6.45) is -3.36. The summed E-state index contributed by atoms with van der Waals surface area (Å²) < 4.78 is 38.6. The molecular weight excluding hydrogens is 313 g/mol. The summed E-state index contributed by atoms with van der Waals surface area (Å²) in [5.74, 6) is -2.05. The van der Waals surface area contributed by atoms with Gasteiger partial charge in [-0.1, -0.05) is 12.1 Å². The van der Waals surface area contributed by atoms with Gasteiger partial charge in [-0.15, -0.1) is 0 Å². The maximum atomic E-state index is 12.9. The number of piperidine rings is 1. The number of halogens is 3. The van der Waals surface area contributed by atoms with Crippen LogP contribution in [0.15, 0.2) is 24.3 Å². The number of carboxylic acid groups (broad SMARTS) is 1. The quantitative estimate of drug-likeness (QED) is 0.890. The number of rotatable bonds is 4. The molecule has 0 bridgehead atoms. The average Bonchev–Trinajstić information content (AvgIpc) is 2.46. The number of likely N-dealkylation sites (tertiary alicyclic amines) is 1. The van der Waals surface area contributed by atoms with Gasteiger partial charge >= 0.3 is 12.1 Å². The lowest BCUT2D eigenvalue weighted by Gasteiger charge is -2.30. The molecule has 1 aromatic rings. The van der Waals surface area contributed by atoms with Crippen LogP contribution in [0.1, 0.15) is 18.4 Å². The highest BCUT2D eigenvalue weighted by atomic mass is 19.4. The summed E-state index contributed by atoms with van der Waals surface area (Å²) in [5, 5.41) is 11.3. The Hall–Kier alpha value is -2.09. The number of aliphatic carboxylic acids is 1. The van der Waals surface area contributed by atoms with Crippen LogP contribution in [-0.4, -0.2) is 41.5 Å². The van der Waals surface area contributed by atoms with Gasteiger partial charge in [0.05, 0.1) is 23.7 Å². The lowest BCUT2D eigenvalue weighted by atomic mass is 9.98. The second-order valence-electron chi connectivity index (χ2n) is 5.50. The molecule has 5 nitrogen and oxygen atoms in total. The van der Waals surface area contributed by atoms with Crippen molar-refractivity contribution < 1.29 is 27.9 Å². The minimum Gasteiger partial charge on any atom is -0.481 e. The normalized spacial score (nSPS) is 19.3. The van der Waals surface area contributed by atoms with Gasteiger partial charge in [-0.05, 0) is 31.5 Å². The van der Waals surface area contributed by atoms with E-state index in [4.69, 9.17) is 5.11 Å². The van der Waals surface area contributed by atoms with E-state index in [0.29, 0.717) is 19.4 Å². The van der Waals surface area contributed by atoms with Gasteiger partial charge in [-0.25, -0.2) is 0 Å². The third kappa shape index (κ3) is 4.69. The van der Waals surface area contributed by atoms with Crippen LogP contribution in [0.4, 0.5) is 18.9 Å². The lowest BCUT2D eigenvalue weighted by Crippen LogP contribution is -2.42. The Bertz CT molecular complexity index is 590. The van der Waals surface area contributed by atoms with Crippen molar-refractivity contribution >= 4 is 17.6 Å². The van der Waals surface area contributed by atoms with E-state index in [1.54, 1.807) is 4.90 Å². The zero-order valence-corrected chi connectivity index (χ0v) is 12.3. The number of nitrogens with one attached hydrogen (secondary N) is 1. The van der Waals surface area contributed by atoms with E-state index >= 15 is 0 Å². The number of hydrogen-bond acceptors (Lipinski definition) is 3. The van der Waals surface area contributed by atoms with Gasteiger partial charge < -0.3 is 10.4 Å². The molecule has 1 atom stereocenters. The summed E-state index contributed by atoms with van der Waals surface area (Å²) in [7, 11) is 0. The fraction of sp³-hybridized carbons (Fsp3) is 0.467. The van der Waals surface area contributed by atoms with Crippen molar-refractivity contribution in [1.29, 1.82) is 0 Å². The molecule has 0 radical (unpaired) electrons. The molecular formula is C15H17F3N2O3. The first-order valence-corrected chi connectivity index (χ1v) is 7.18. The maximum Gasteiger partial charge on any atom is 0.418 e. The van der Waals surface area contributed by atoms with Gasteiger partial charge in [0.25, 0.3) is 0 Å². The number of carboxylic acids is 1. The zero-order valence-electron chi connectivity index (χ0n) is 12.3. The summed E-state index contributed by atoms with van der Waals surface area (Å²) in [6, 6.07) is 4.75. The third-order valence-electron chi connectivity index (χ3n) is 3.73. The number of benzene rings is 1. The van der Waals surface area contributed by atoms with Crippen LogP contribution >= 0.6 is 0 Å². The molecule has 23 heavy (non-hydrogen) atoms. The van der Waals surface area contributed by atoms with E-state index in [1.165, 1.54) is 18.2 Å². The molecule has 2 N–H and O–H groups in total. The van der Waals surface area contributed by atoms with Crippen molar-refractivity contribution in [1.82, 2.24) is 4.90 Å². The number of anilines is 1. The fourth-order valence-electron chi connectivity index (χ4n) is 2.63. The number of carbonyl (C=O) groups excluding carboxylic acids is 1. The number of carbonyl (C=O) groups is 2. The molecule has 1 aliphatic heterocycles. The summed E-state index contributed by atoms with van der Waals surface area (Å²) >= 11 is 0. The van der Waals surface area contributed by atoms with Gasteiger partial charge in [0.1, 0.15) is 0 Å². The Kier molecular flexibility index (Phi) is 5.25. The molecule has 0 spiro atoms. The lowest BCUT2D eigenvalue weighted by molar-refractivity contribution is -0.144. The monoisotopic (exact) mass is 330 g/mol. The highest BCUT2D eigenvalue weighted by Crippen LogP contribution is 2.34. The molecule has 0 saturated carbocycles. The molecule has 2 rings (SSSR count). The van der Waals surface area contributed by atoms with Crippen LogP contribution in [-0.2, 0) is 15.8 Å². The second-order valence-corrected chi connectivity index (χ2v) is 5.50. The molecule has 126 valence electrons. The van der Waals surface area contributed by atoms with Crippen molar-refractivity contribution in [2.75, 3.05) is 25.0 Å². The largest absolute Gasteiger partial charge is 0.481 e. The first kappa shape index (κ1) is 17.3. The van der Waals surface area contributed by atoms with Crippen LogP contribution in [0.5, 0.6) is 0 Å². The fourth-order valence-corrected chi connectivity index (χ4v) is 2.63. The molecule has 1 unspecified atom stereocenters. The molecule has 1 fully saturated rings. The van der Waals surface area contributed by atoms with Crippen LogP contribution in [0.3, 0.4) is 0 Å². The van der Waals surface area contributed by atoms with Crippen LogP contribution in [0.25, 0.3) is 0 Å². The predicted molar refractivity (Wildman–Crippen MR) is 76.9 cm³/mol. The molecule has 0 aromatic heterocycles. The van der Waals surface area contributed by atoms with E-state index in [-0.39, 0.29) is 18.8 Å². The highest BCUT2D eigenvalue weighted by Gasteiger charge is 2.34. The number of alkyl halides is 3. The Morgan fingerprint density at radius 1 is 1.30 bits per heavy atom. The van der Waals surface area contributed by atoms with Crippen molar-refractivity contribution in [3.8, 4) is 0 Å². The topological polar surface area (TPSA) is 69.6 Å². The summed E-state index contributed by atoms with van der Waals surface area (Å²) in [4.78, 5) is 24.6. The van der Waals surface area contributed by atoms with Gasteiger partial charge in [0.2, 0.25) is 5.91 Å². The van der Waals surface area contributed by atoms with Crippen molar-refractivity contribution in [3.63, 3.8) is 0 Å². The highest BCUT2D eigenvalue weighted by molar-refractivity contribution is 5.93. The van der Waals surface area contributed by atoms with E-state index < -0.39 is 29.5 Å². The average molecular weight is 330 g/mol. The standard InChI is InChI=1S/C15H17F3N2O3/c16-15(17,18)11-5-1-2-6-12(11)19-13(21)9-20-7-3-4-10(8-20)14(22)23/h1-2,5-6,10H,3-4,7-9H2,(H,19,21)(H,22,23). The Morgan fingerprint density at radius 3 is 2.65 bits per heavy atom. The Morgan fingerprint density at radius 2 is 2.00 bits per heavy atom. The molecule has 1 heterocycles. The minimum atomic E-state index is -4.55. The SMILES string of the molecule is O=C(CN1CCCC(C(=O)O)C1)Nc1ccccc1C(F)(F)F. The molecule has 8 heteroatoms. The molecule has 1 amide bonds. The van der Waals surface area contributed by atoms with Crippen molar-refractivity contribution in [2.45, 2.75) is 19.0 Å². The molecule has 1 aliphatic rings. The number of amides is 1. The number of nitrogens with zero attached hydrogens (tertiary/aromatic N) is 1. The maximum absolute atomic E-state index is 12.9. The van der Waals surface area contributed by atoms with E-state index in [9.17, 15) is 22.8 Å². The summed E-state index contributed by atoms with van der Waals surface area (Å²) in [6.45, 7) is 0.651. The van der Waals surface area contributed by atoms with Gasteiger partial charge in [0.15, 0.2) is 0 Å². The van der Waals surface area contributed by atoms with Crippen LogP contribution in [0.2, 0.25) is 0 Å². The molecule has 0 aliphatic carbocycles. The van der Waals surface area contributed by atoms with Gasteiger partial charge in [-0.3, -0.25) is 14.5 Å². The van der Waals surface area contributed by atoms with Crippen LogP contribution in [0, 0.1) is 5.92 Å². The molecule has 1 saturated heterocycles. The minimum absolute atomic E-state index is 0.129. The van der Waals surface area contributed by atoms with Gasteiger partial charge in [0, 0.05) is 6.54 Å². The van der Waals surface area contributed by atoms with Crippen LogP contribution < -0.4 is 5.32 Å². The van der Waals surface area contributed by atoms with E-state index in [2.05, 4.69) is 5.32 Å². The van der Waals surface area contributed by atoms with E-state index in [1.807, 2.05) is 0 Å². The second kappa shape index (κ2) is 6.99. The van der Waals surface area contributed by atoms with Gasteiger partial charge in [-0.2, -0.15) is 13.2 Å². The third-order valence-corrected chi connectivity index (χ3v) is 3.73. The number of hydrogen-bond donors (Lipinski definition) is 2. The van der Waals surface area contributed by atoms with Crippen molar-refractivity contribution in [3.05, 3.63) is 29.8 Å². The summed E-state index contributed by atoms with van der Waals surface area (Å²) in [5.41, 5.74) is -1.20. The first-order valence-electron chi connectivity index (χ1n) is 7.18. The Balaban J connectivity index is 1.99. The van der Waals surface area contributed by atoms with E-state index in [0.717, 1.165) is 6.07 Å². The smallest absolute Gasteiger partial charge is 0.418 e. The predicted octanol–water partition coefficient (Wildman–Crippen LogP) is 2.44. The zero-order chi connectivity index (χ0) is 17.0. The Labute approximate surface area is 131 Å².